The van der Waals surface area contributed by atoms with Crippen molar-refractivity contribution in [2.75, 3.05) is 7.05 Å². The van der Waals surface area contributed by atoms with Gasteiger partial charge in [-0.05, 0) is 41.0 Å². The first-order valence-corrected chi connectivity index (χ1v) is 11.1. The fraction of sp³-hybridized carbons (Fsp3) is 0.0741. The lowest BCUT2D eigenvalue weighted by molar-refractivity contribution is -0.398. The minimum absolute atomic E-state index is 0.628. The van der Waals surface area contributed by atoms with Gasteiger partial charge < -0.3 is 0 Å². The van der Waals surface area contributed by atoms with Crippen molar-refractivity contribution in [3.8, 4) is 11.1 Å². The van der Waals surface area contributed by atoms with E-state index < -0.39 is 5.41 Å². The summed E-state index contributed by atoms with van der Waals surface area (Å²) in [6.45, 7) is 0. The van der Waals surface area contributed by atoms with E-state index in [1.54, 1.807) is 18.6 Å². The third kappa shape index (κ3) is 2.36. The van der Waals surface area contributed by atoms with Crippen LogP contribution in [0.25, 0.3) is 11.1 Å². The second kappa shape index (κ2) is 6.88. The fourth-order valence-electron chi connectivity index (χ4n) is 5.30. The van der Waals surface area contributed by atoms with Gasteiger partial charge in [0, 0.05) is 22.9 Å². The summed E-state index contributed by atoms with van der Waals surface area (Å²) in [6, 6.07) is 26.5. The molecule has 5 aromatic rings. The topological polar surface area (TPSA) is 73.4 Å². The number of benzene rings is 2. The van der Waals surface area contributed by atoms with Crippen LogP contribution in [0.2, 0.25) is 0 Å². The Bertz CT molecular complexity index is 1610. The zero-order chi connectivity index (χ0) is 22.7. The highest BCUT2D eigenvalue weighted by Gasteiger charge is 2.49. The monoisotopic (exact) mass is 441 g/mol. The Hall–Kier alpha value is -4.74. The highest BCUT2D eigenvalue weighted by molar-refractivity contribution is 5.84. The van der Waals surface area contributed by atoms with Crippen molar-refractivity contribution in [2.45, 2.75) is 5.41 Å². The van der Waals surface area contributed by atoms with Crippen LogP contribution in [-0.2, 0) is 5.41 Å². The molecule has 2 aliphatic rings. The lowest BCUT2D eigenvalue weighted by atomic mass is 9.72. The molecule has 7 rings (SSSR count). The smallest absolute Gasteiger partial charge is 0.281 e. The SMILES string of the molecule is C[N+]1=C=[N+](c2cccc(C3(c4ccn[nH]4)c4ccccc4-c4cccnc43)c2)c2nccnc21. The Kier molecular flexibility index (Phi) is 3.80. The number of pyridine rings is 1. The summed E-state index contributed by atoms with van der Waals surface area (Å²) in [4.78, 5) is 14.0. The van der Waals surface area contributed by atoms with Crippen LogP contribution in [0.5, 0.6) is 0 Å². The van der Waals surface area contributed by atoms with Crippen molar-refractivity contribution in [1.29, 1.82) is 0 Å². The van der Waals surface area contributed by atoms with E-state index in [2.05, 4.69) is 80.8 Å². The second-order valence-corrected chi connectivity index (χ2v) is 8.41. The van der Waals surface area contributed by atoms with Gasteiger partial charge in [0.1, 0.15) is 12.5 Å². The predicted molar refractivity (Wildman–Crippen MR) is 128 cm³/mol. The van der Waals surface area contributed by atoms with Gasteiger partial charge in [0.25, 0.3) is 0 Å². The Morgan fingerprint density at radius 2 is 1.65 bits per heavy atom. The molecule has 0 saturated heterocycles. The molecule has 0 fully saturated rings. The molecule has 2 aromatic carbocycles. The van der Waals surface area contributed by atoms with E-state index in [-0.39, 0.29) is 0 Å². The molecule has 1 aliphatic heterocycles. The molecule has 3 aromatic heterocycles. The van der Waals surface area contributed by atoms with Gasteiger partial charge in [-0.15, -0.1) is 4.58 Å². The number of rotatable bonds is 3. The van der Waals surface area contributed by atoms with Crippen LogP contribution in [0.1, 0.15) is 22.5 Å². The van der Waals surface area contributed by atoms with Crippen molar-refractivity contribution in [2.24, 2.45) is 0 Å². The molecule has 0 spiro atoms. The molecule has 34 heavy (non-hydrogen) atoms. The normalized spacial score (nSPS) is 17.6. The van der Waals surface area contributed by atoms with Crippen LogP contribution in [0, 0.1) is 0 Å². The molecule has 4 heterocycles. The maximum Gasteiger partial charge on any atom is 0.474 e. The number of H-pyrrole nitrogens is 1. The quantitative estimate of drug-likeness (QED) is 0.417. The van der Waals surface area contributed by atoms with E-state index in [1.165, 1.54) is 11.1 Å². The lowest BCUT2D eigenvalue weighted by Crippen LogP contribution is -2.30. The van der Waals surface area contributed by atoms with Gasteiger partial charge in [-0.1, -0.05) is 47.0 Å². The number of hydrogen-bond acceptors (Lipinski definition) is 4. The summed E-state index contributed by atoms with van der Waals surface area (Å²) < 4.78 is 3.81. The summed E-state index contributed by atoms with van der Waals surface area (Å²) in [5, 5.41) is 7.58. The summed E-state index contributed by atoms with van der Waals surface area (Å²) >= 11 is 0. The van der Waals surface area contributed by atoms with Gasteiger partial charge in [0.05, 0.1) is 17.6 Å². The second-order valence-electron chi connectivity index (χ2n) is 8.41. The fourth-order valence-corrected chi connectivity index (χ4v) is 5.30. The Morgan fingerprint density at radius 3 is 2.53 bits per heavy atom. The molecule has 7 heteroatoms. The Morgan fingerprint density at radius 1 is 0.794 bits per heavy atom. The van der Waals surface area contributed by atoms with Gasteiger partial charge in [0.2, 0.25) is 0 Å². The van der Waals surface area contributed by atoms with Crippen molar-refractivity contribution < 1.29 is 4.58 Å². The lowest BCUT2D eigenvalue weighted by Gasteiger charge is -2.30. The van der Waals surface area contributed by atoms with E-state index in [1.807, 2.05) is 34.5 Å². The third-order valence-electron chi connectivity index (χ3n) is 6.67. The van der Waals surface area contributed by atoms with Gasteiger partial charge in [-0.2, -0.15) is 10.1 Å². The molecule has 0 bridgehead atoms. The molecule has 0 saturated carbocycles. The Labute approximate surface area is 195 Å². The number of aromatic amines is 1. The number of nitrogens with zero attached hydrogens (tertiary/aromatic N) is 6. The first-order valence-electron chi connectivity index (χ1n) is 11.1. The van der Waals surface area contributed by atoms with Crippen LogP contribution in [0.3, 0.4) is 0 Å². The molecular formula is C27H19N7+2. The maximum atomic E-state index is 4.93. The largest absolute Gasteiger partial charge is 0.474 e. The minimum Gasteiger partial charge on any atom is -0.281 e. The first kappa shape index (κ1) is 18.8. The molecule has 160 valence electrons. The summed E-state index contributed by atoms with van der Waals surface area (Å²) in [7, 11) is 1.93. The average molecular weight is 441 g/mol. The summed E-state index contributed by atoms with van der Waals surface area (Å²) in [5.74, 6) is 1.53. The van der Waals surface area contributed by atoms with E-state index in [4.69, 9.17) is 4.98 Å². The van der Waals surface area contributed by atoms with Crippen LogP contribution in [-0.4, -0.2) is 42.8 Å². The number of fused-ring (bicyclic) bond motifs is 4. The highest BCUT2D eigenvalue weighted by Crippen LogP contribution is 2.54. The molecule has 1 aliphatic carbocycles. The van der Waals surface area contributed by atoms with E-state index in [0.717, 1.165) is 39.8 Å². The van der Waals surface area contributed by atoms with E-state index in [0.29, 0.717) is 0 Å². The van der Waals surface area contributed by atoms with Gasteiger partial charge >= 0.3 is 17.6 Å². The zero-order valence-corrected chi connectivity index (χ0v) is 18.3. The van der Waals surface area contributed by atoms with Gasteiger partial charge in [-0.3, -0.25) is 10.1 Å². The van der Waals surface area contributed by atoms with Crippen LogP contribution in [0.15, 0.2) is 91.5 Å². The zero-order valence-electron chi connectivity index (χ0n) is 18.3. The standard InChI is InChI=1S/C27H19N7/c1-33-17-34(26-25(33)29-14-15-30-26)19-7-4-6-18(16-19)27(23-11-13-31-32-23)22-10-3-2-8-20(22)21-9-5-12-28-24(21)27/h2-16H,1H3,(H,31,32)/q+2. The van der Waals surface area contributed by atoms with Crippen molar-refractivity contribution in [1.82, 2.24) is 29.7 Å². The predicted octanol–water partition coefficient (Wildman–Crippen LogP) is 4.25. The molecule has 1 atom stereocenters. The van der Waals surface area contributed by atoms with Crippen molar-refractivity contribution in [3.63, 3.8) is 0 Å². The molecule has 7 nitrogen and oxygen atoms in total. The summed E-state index contributed by atoms with van der Waals surface area (Å²) in [6.07, 6.45) is 7.06. The van der Waals surface area contributed by atoms with E-state index in [9.17, 15) is 0 Å². The third-order valence-corrected chi connectivity index (χ3v) is 6.67. The number of nitrogens with one attached hydrogen (secondary N) is 1. The van der Waals surface area contributed by atoms with Crippen molar-refractivity contribution >= 4 is 23.3 Å². The minimum atomic E-state index is -0.628. The van der Waals surface area contributed by atoms with Crippen molar-refractivity contribution in [3.05, 3.63) is 114 Å². The van der Waals surface area contributed by atoms with Crippen LogP contribution >= 0.6 is 0 Å². The van der Waals surface area contributed by atoms with Crippen LogP contribution in [0.4, 0.5) is 17.3 Å². The molecule has 1 N–H and O–H groups in total. The average Bonchev–Trinajstić information content (AvgIpc) is 3.61. The van der Waals surface area contributed by atoms with Gasteiger partial charge in [-0.25, -0.2) is 0 Å². The molecule has 0 radical (unpaired) electrons. The maximum absolute atomic E-state index is 4.93. The van der Waals surface area contributed by atoms with Crippen LogP contribution < -0.4 is 4.58 Å². The van der Waals surface area contributed by atoms with Gasteiger partial charge in [0.15, 0.2) is 11.9 Å². The molecule has 1 unspecified atom stereocenters. The number of hydrogen-bond donors (Lipinski definition) is 1. The Balaban J connectivity index is 1.54. The highest BCUT2D eigenvalue weighted by atomic mass is 15.2. The first-order chi connectivity index (χ1) is 16.8. The summed E-state index contributed by atoms with van der Waals surface area (Å²) in [5.41, 5.74) is 6.86. The molecule has 0 amide bonds. The number of aromatic nitrogens is 5. The van der Waals surface area contributed by atoms with E-state index >= 15 is 0 Å². The molecular weight excluding hydrogens is 422 g/mol.